The predicted octanol–water partition coefficient (Wildman–Crippen LogP) is 1.01. The lowest BCUT2D eigenvalue weighted by Gasteiger charge is -2.41. The Kier molecular flexibility index (Phi) is 5.45. The van der Waals surface area contributed by atoms with Crippen molar-refractivity contribution in [1.82, 2.24) is 24.9 Å². The Bertz CT molecular complexity index is 788. The molecule has 3 amide bonds. The maximum atomic E-state index is 12.6. The van der Waals surface area contributed by atoms with Gasteiger partial charge in [-0.3, -0.25) is 15.0 Å². The van der Waals surface area contributed by atoms with Crippen molar-refractivity contribution >= 4 is 17.9 Å². The van der Waals surface area contributed by atoms with E-state index < -0.39 is 12.2 Å². The van der Waals surface area contributed by atoms with Gasteiger partial charge in [0.25, 0.3) is 5.91 Å². The molecule has 1 aromatic carbocycles. The number of hydrogen-bond donors (Lipinski definition) is 1. The maximum absolute atomic E-state index is 12.6. The third kappa shape index (κ3) is 3.94. The Labute approximate surface area is 172 Å². The van der Waals surface area contributed by atoms with Crippen LogP contribution in [0.15, 0.2) is 35.3 Å². The number of fused-ring (bicyclic) bond motifs is 1. The van der Waals surface area contributed by atoms with Gasteiger partial charge in [0.05, 0.1) is 0 Å². The third-order valence-corrected chi connectivity index (χ3v) is 5.80. The van der Waals surface area contributed by atoms with Crippen LogP contribution in [0.25, 0.3) is 0 Å². The molecule has 3 aliphatic heterocycles. The smallest absolute Gasteiger partial charge is 0.325 e. The van der Waals surface area contributed by atoms with Crippen LogP contribution in [0, 0.1) is 5.92 Å². The molecule has 1 N–H and O–H groups in total. The number of likely N-dealkylation sites (N-methyl/N-ethyl adjacent to an activating group) is 1. The lowest BCUT2D eigenvalue weighted by Crippen LogP contribution is -2.65. The number of benzene rings is 1. The predicted molar refractivity (Wildman–Crippen MR) is 111 cm³/mol. The van der Waals surface area contributed by atoms with Crippen LogP contribution in [-0.4, -0.2) is 89.5 Å². The van der Waals surface area contributed by atoms with Crippen LogP contribution in [0.4, 0.5) is 4.79 Å². The molecule has 156 valence electrons. The minimum absolute atomic E-state index is 0.250. The number of imide groups is 1. The first-order valence-corrected chi connectivity index (χ1v) is 10.4. The number of guanidine groups is 1. The first kappa shape index (κ1) is 19.7. The summed E-state index contributed by atoms with van der Waals surface area (Å²) in [6, 6.07) is 9.69. The van der Waals surface area contributed by atoms with Gasteiger partial charge in [-0.1, -0.05) is 44.2 Å². The lowest BCUT2D eigenvalue weighted by molar-refractivity contribution is -0.127. The second-order valence-corrected chi connectivity index (χ2v) is 8.49. The topological polar surface area (TPSA) is 71.5 Å². The fraction of sp³-hybridized carbons (Fsp3) is 0.571. The van der Waals surface area contributed by atoms with Crippen LogP contribution in [0.2, 0.25) is 0 Å². The van der Waals surface area contributed by atoms with Crippen molar-refractivity contribution in [1.29, 1.82) is 0 Å². The van der Waals surface area contributed by atoms with Crippen molar-refractivity contribution in [2.24, 2.45) is 10.9 Å². The van der Waals surface area contributed by atoms with Crippen LogP contribution in [0.5, 0.6) is 0 Å². The quantitative estimate of drug-likeness (QED) is 0.820. The van der Waals surface area contributed by atoms with Gasteiger partial charge in [-0.05, 0) is 11.5 Å². The van der Waals surface area contributed by atoms with E-state index in [1.165, 1.54) is 10.5 Å². The van der Waals surface area contributed by atoms with Crippen molar-refractivity contribution in [3.8, 4) is 0 Å². The van der Waals surface area contributed by atoms with Gasteiger partial charge in [0, 0.05) is 46.3 Å². The largest absolute Gasteiger partial charge is 0.340 e. The van der Waals surface area contributed by atoms with Gasteiger partial charge in [0.15, 0.2) is 18.2 Å². The molecule has 3 aliphatic rings. The molecule has 0 aliphatic carbocycles. The van der Waals surface area contributed by atoms with Gasteiger partial charge < -0.3 is 14.7 Å². The summed E-state index contributed by atoms with van der Waals surface area (Å²) in [5.74, 6) is 0.985. The Morgan fingerprint density at radius 3 is 2.45 bits per heavy atom. The van der Waals surface area contributed by atoms with Crippen LogP contribution >= 0.6 is 0 Å². The molecule has 29 heavy (non-hydrogen) atoms. The average Bonchev–Trinajstić information content (AvgIpc) is 3.07. The average molecular weight is 399 g/mol. The minimum atomic E-state index is -0.452. The molecule has 0 bridgehead atoms. The van der Waals surface area contributed by atoms with Crippen molar-refractivity contribution in [3.63, 3.8) is 0 Å². The van der Waals surface area contributed by atoms with Crippen LogP contribution < -0.4 is 5.32 Å². The van der Waals surface area contributed by atoms with Crippen molar-refractivity contribution in [2.45, 2.75) is 32.6 Å². The standard InChI is InChI=1S/C21H30N6O2/c1-15(2)13-27-17-18(24(3)21(29)23-19(17)28)22-20(27)26-11-9-25(10-12-26)14-16-7-5-4-6-8-16/h4-8,15,17-18H,9-14H2,1-3H3,(H,23,28,29). The van der Waals surface area contributed by atoms with Gasteiger partial charge in [-0.2, -0.15) is 0 Å². The van der Waals surface area contributed by atoms with Crippen LogP contribution in [0.1, 0.15) is 19.4 Å². The lowest BCUT2D eigenvalue weighted by atomic mass is 10.1. The van der Waals surface area contributed by atoms with E-state index in [1.807, 2.05) is 6.07 Å². The van der Waals surface area contributed by atoms with E-state index in [0.29, 0.717) is 5.92 Å². The molecular formula is C21H30N6O2. The highest BCUT2D eigenvalue weighted by atomic mass is 16.2. The molecule has 0 spiro atoms. The Hall–Kier alpha value is -2.61. The summed E-state index contributed by atoms with van der Waals surface area (Å²) < 4.78 is 0. The molecule has 8 heteroatoms. The van der Waals surface area contributed by atoms with Crippen molar-refractivity contribution in [2.75, 3.05) is 39.8 Å². The van der Waals surface area contributed by atoms with Gasteiger partial charge in [0.1, 0.15) is 0 Å². The summed E-state index contributed by atoms with van der Waals surface area (Å²) in [6.45, 7) is 9.57. The molecule has 0 radical (unpaired) electrons. The molecule has 0 aromatic heterocycles. The van der Waals surface area contributed by atoms with E-state index in [-0.39, 0.29) is 11.9 Å². The first-order valence-electron chi connectivity index (χ1n) is 10.4. The maximum Gasteiger partial charge on any atom is 0.325 e. The second kappa shape index (κ2) is 8.02. The molecule has 1 aromatic rings. The van der Waals surface area contributed by atoms with E-state index in [0.717, 1.165) is 45.2 Å². The highest BCUT2D eigenvalue weighted by Crippen LogP contribution is 2.27. The third-order valence-electron chi connectivity index (χ3n) is 5.80. The van der Waals surface area contributed by atoms with Gasteiger partial charge in [-0.15, -0.1) is 0 Å². The normalized spacial score (nSPS) is 25.4. The SMILES string of the molecule is CC(C)CN1C(N2CCN(Cc3ccccc3)CC2)=NC2C1C(=O)NC(=O)N2C. The van der Waals surface area contributed by atoms with E-state index in [4.69, 9.17) is 4.99 Å². The van der Waals surface area contributed by atoms with Gasteiger partial charge in [-0.25, -0.2) is 9.79 Å². The van der Waals surface area contributed by atoms with Crippen molar-refractivity contribution in [3.05, 3.63) is 35.9 Å². The molecule has 3 heterocycles. The Morgan fingerprint density at radius 2 is 1.79 bits per heavy atom. The number of carbonyl (C=O) groups excluding carboxylic acids is 2. The number of nitrogens with zero attached hydrogens (tertiary/aromatic N) is 5. The number of carbonyl (C=O) groups is 2. The zero-order chi connectivity index (χ0) is 20.5. The van der Waals surface area contributed by atoms with E-state index in [9.17, 15) is 9.59 Å². The molecular weight excluding hydrogens is 368 g/mol. The fourth-order valence-electron chi connectivity index (χ4n) is 4.31. The number of amides is 3. The summed E-state index contributed by atoms with van der Waals surface area (Å²) in [6.07, 6.45) is -0.452. The van der Waals surface area contributed by atoms with E-state index >= 15 is 0 Å². The number of nitrogens with one attached hydrogen (secondary N) is 1. The van der Waals surface area contributed by atoms with E-state index in [1.54, 1.807) is 7.05 Å². The Balaban J connectivity index is 1.47. The summed E-state index contributed by atoms with van der Waals surface area (Å²) in [5.41, 5.74) is 1.32. The Morgan fingerprint density at radius 1 is 1.10 bits per heavy atom. The molecule has 4 rings (SSSR count). The van der Waals surface area contributed by atoms with Gasteiger partial charge >= 0.3 is 6.03 Å². The zero-order valence-electron chi connectivity index (χ0n) is 17.4. The van der Waals surface area contributed by atoms with Crippen molar-refractivity contribution < 1.29 is 9.59 Å². The molecule has 8 nitrogen and oxygen atoms in total. The number of aliphatic imine (C=N–C) groups is 1. The molecule has 2 atom stereocenters. The summed E-state index contributed by atoms with van der Waals surface area (Å²) >= 11 is 0. The highest BCUT2D eigenvalue weighted by molar-refractivity contribution is 6.03. The van der Waals surface area contributed by atoms with Gasteiger partial charge in [0.2, 0.25) is 0 Å². The zero-order valence-corrected chi connectivity index (χ0v) is 17.4. The summed E-state index contributed by atoms with van der Waals surface area (Å²) in [7, 11) is 1.71. The number of piperazine rings is 1. The number of urea groups is 1. The summed E-state index contributed by atoms with van der Waals surface area (Å²) in [4.78, 5) is 37.9. The molecule has 2 fully saturated rings. The van der Waals surface area contributed by atoms with Crippen LogP contribution in [0.3, 0.4) is 0 Å². The molecule has 0 saturated carbocycles. The summed E-state index contributed by atoms with van der Waals surface area (Å²) in [5, 5.41) is 2.47. The molecule has 2 unspecified atom stereocenters. The second-order valence-electron chi connectivity index (χ2n) is 8.49. The minimum Gasteiger partial charge on any atom is -0.340 e. The van der Waals surface area contributed by atoms with Crippen LogP contribution in [-0.2, 0) is 11.3 Å². The monoisotopic (exact) mass is 398 g/mol. The number of rotatable bonds is 4. The molecule has 2 saturated heterocycles. The fourth-order valence-corrected chi connectivity index (χ4v) is 4.31. The number of hydrogen-bond acceptors (Lipinski definition) is 6. The van der Waals surface area contributed by atoms with E-state index in [2.05, 4.69) is 58.1 Å². The highest BCUT2D eigenvalue weighted by Gasteiger charge is 2.49. The first-order chi connectivity index (χ1) is 13.9.